The lowest BCUT2D eigenvalue weighted by atomic mass is 9.33. The molecule has 0 aliphatic carbocycles. The summed E-state index contributed by atoms with van der Waals surface area (Å²) >= 11 is 0. The van der Waals surface area contributed by atoms with Crippen molar-refractivity contribution < 1.29 is 0 Å². The van der Waals surface area contributed by atoms with E-state index in [0.29, 0.717) is 0 Å². The number of benzene rings is 12. The number of fused-ring (bicyclic) bond motifs is 10. The molecule has 5 heteroatoms. The van der Waals surface area contributed by atoms with E-state index in [1.807, 2.05) is 0 Å². The lowest BCUT2D eigenvalue weighted by Crippen LogP contribution is -2.61. The van der Waals surface area contributed by atoms with Crippen molar-refractivity contribution in [2.24, 2.45) is 5.41 Å². The molecule has 0 saturated heterocycles. The molecule has 0 saturated carbocycles. The van der Waals surface area contributed by atoms with Gasteiger partial charge in [-0.15, -0.1) is 0 Å². The molecule has 0 unspecified atom stereocenters. The van der Waals surface area contributed by atoms with Crippen molar-refractivity contribution in [3.63, 3.8) is 0 Å². The molecule has 0 spiro atoms. The second-order valence-corrected chi connectivity index (χ2v) is 27.0. The van der Waals surface area contributed by atoms with Gasteiger partial charge in [-0.05, 0) is 152 Å². The zero-order chi connectivity index (χ0) is 62.6. The molecule has 0 N–H and O–H groups in total. The third kappa shape index (κ3) is 9.20. The monoisotopic (exact) mass is 1180 g/mol. The van der Waals surface area contributed by atoms with E-state index in [-0.39, 0.29) is 17.5 Å². The lowest BCUT2D eigenvalue weighted by molar-refractivity contribution is 0.519. The van der Waals surface area contributed by atoms with Gasteiger partial charge in [0.2, 0.25) is 0 Å². The molecule has 16 rings (SSSR count). The van der Waals surface area contributed by atoms with Crippen LogP contribution in [0.25, 0.3) is 88.4 Å². The Morgan fingerprint density at radius 1 is 0.402 bits per heavy atom. The van der Waals surface area contributed by atoms with Crippen molar-refractivity contribution in [2.45, 2.75) is 53.9 Å². The molecule has 2 aliphatic heterocycles. The van der Waals surface area contributed by atoms with E-state index in [1.54, 1.807) is 0 Å². The van der Waals surface area contributed by atoms with Crippen LogP contribution in [0.4, 0.5) is 28.4 Å². The van der Waals surface area contributed by atoms with Crippen LogP contribution in [0.2, 0.25) is 0 Å². The maximum absolute atomic E-state index is 4.88. The highest BCUT2D eigenvalue weighted by atomic mass is 15.2. The summed E-state index contributed by atoms with van der Waals surface area (Å²) in [7, 11) is 0. The minimum atomic E-state index is -0.232. The molecule has 92 heavy (non-hydrogen) atoms. The van der Waals surface area contributed by atoms with Gasteiger partial charge in [0, 0.05) is 72.4 Å². The normalized spacial score (nSPS) is 13.4. The number of hydrogen-bond donors (Lipinski definition) is 0. The highest BCUT2D eigenvalue weighted by Crippen LogP contribution is 2.53. The predicted molar refractivity (Wildman–Crippen MR) is 395 cm³/mol. The van der Waals surface area contributed by atoms with Gasteiger partial charge in [-0.1, -0.05) is 260 Å². The molecule has 0 atom stereocenters. The zero-order valence-corrected chi connectivity index (χ0v) is 53.3. The fourth-order valence-corrected chi connectivity index (χ4v) is 14.7. The average molecular weight is 1180 g/mol. The molecule has 0 radical (unpaired) electrons. The first-order valence-corrected chi connectivity index (χ1v) is 32.3. The molecule has 0 amide bonds. The molecule has 442 valence electrons. The quantitative estimate of drug-likeness (QED) is 0.100. The predicted octanol–water partition coefficient (Wildman–Crippen LogP) is 21.4. The van der Waals surface area contributed by atoms with Crippen molar-refractivity contribution in [2.75, 3.05) is 9.80 Å². The van der Waals surface area contributed by atoms with Gasteiger partial charge in [-0.25, -0.2) is 0 Å². The number of nitrogens with zero attached hydrogens (tertiary/aromatic N) is 4. The summed E-state index contributed by atoms with van der Waals surface area (Å²) < 4.78 is 4.96. The fraction of sp³-hybridized carbons (Fsp3) is 0.103. The summed E-state index contributed by atoms with van der Waals surface area (Å²) in [5.41, 5.74) is 28.3. The van der Waals surface area contributed by atoms with E-state index in [4.69, 9.17) is 6.58 Å². The molecular formula is C87H71BN4. The van der Waals surface area contributed by atoms with Crippen LogP contribution < -0.4 is 26.2 Å². The number of rotatable bonds is 10. The Bertz CT molecular complexity index is 5160. The summed E-state index contributed by atoms with van der Waals surface area (Å²) in [6.45, 7) is 20.8. The van der Waals surface area contributed by atoms with Crippen LogP contribution in [0.1, 0.15) is 65.2 Å². The number of aromatic nitrogens is 2. The molecular weight excluding hydrogens is 1110 g/mol. The van der Waals surface area contributed by atoms with Gasteiger partial charge >= 0.3 is 0 Å². The van der Waals surface area contributed by atoms with Gasteiger partial charge in [0.15, 0.2) is 0 Å². The number of allylic oxidation sites excluding steroid dienone is 4. The molecule has 4 nitrogen and oxygen atoms in total. The van der Waals surface area contributed by atoms with Crippen LogP contribution in [-0.4, -0.2) is 15.8 Å². The Labute approximate surface area is 540 Å². The summed E-state index contributed by atoms with van der Waals surface area (Å²) in [4.78, 5) is 5.31. The summed E-state index contributed by atoms with van der Waals surface area (Å²) in [6, 6.07) is 106. The standard InChI is InChI=1S/C87H71BN4/c1-57(86(3,4)5)52-70(60-32-15-10-16-33-60)84(58(2)59-30-13-9-14-31-59)91-79-46-29-47-80-83(79)88(73-50-48-64(55-81(73)91)89-75-42-25-21-38-66(75)67-39-22-26-43-76(67)89)74-51-49-65(90-77-44-27-23-40-68(77)69-41-24-28-45-78(69)90)56-82(74)92(80)85-71(61-34-17-11-18-35-61)53-63(87(6,7)8)54-72(85)62-36-19-12-20-37-62/h9-56H,1H2,2-8H3/b70-52-,84-58-. The first-order chi connectivity index (χ1) is 44.8. The fourth-order valence-electron chi connectivity index (χ4n) is 14.7. The molecule has 0 fully saturated rings. The summed E-state index contributed by atoms with van der Waals surface area (Å²) in [5, 5.41) is 4.91. The van der Waals surface area contributed by atoms with E-state index in [0.717, 1.165) is 84.5 Å². The van der Waals surface area contributed by atoms with Gasteiger partial charge in [-0.2, -0.15) is 0 Å². The van der Waals surface area contributed by atoms with Gasteiger partial charge in [0.25, 0.3) is 6.71 Å². The van der Waals surface area contributed by atoms with Gasteiger partial charge < -0.3 is 18.9 Å². The molecule has 2 aliphatic rings. The molecule has 2 aromatic heterocycles. The van der Waals surface area contributed by atoms with Crippen molar-refractivity contribution in [1.29, 1.82) is 0 Å². The Hall–Kier alpha value is -10.9. The minimum absolute atomic E-state index is 0.171. The Balaban J connectivity index is 1.07. The molecule has 14 aromatic rings. The first kappa shape index (κ1) is 56.4. The van der Waals surface area contributed by atoms with Crippen LogP contribution >= 0.6 is 0 Å². The summed E-state index contributed by atoms with van der Waals surface area (Å²) in [5.74, 6) is 0. The highest BCUT2D eigenvalue weighted by molar-refractivity contribution is 7.00. The maximum Gasteiger partial charge on any atom is 0.252 e. The Morgan fingerprint density at radius 2 is 0.815 bits per heavy atom. The van der Waals surface area contributed by atoms with E-state index in [9.17, 15) is 0 Å². The number of para-hydroxylation sites is 4. The summed E-state index contributed by atoms with van der Waals surface area (Å²) in [6.07, 6.45) is 2.38. The van der Waals surface area contributed by atoms with Gasteiger partial charge in [0.1, 0.15) is 0 Å². The Morgan fingerprint density at radius 3 is 1.28 bits per heavy atom. The van der Waals surface area contributed by atoms with Gasteiger partial charge in [-0.3, -0.25) is 0 Å². The second-order valence-electron chi connectivity index (χ2n) is 27.0. The van der Waals surface area contributed by atoms with Crippen molar-refractivity contribution in [3.8, 4) is 33.6 Å². The Kier molecular flexibility index (Phi) is 13.5. The third-order valence-electron chi connectivity index (χ3n) is 19.4. The van der Waals surface area contributed by atoms with E-state index in [1.165, 1.54) is 76.7 Å². The largest absolute Gasteiger partial charge is 0.310 e. The zero-order valence-electron chi connectivity index (χ0n) is 53.3. The van der Waals surface area contributed by atoms with Crippen molar-refractivity contribution in [3.05, 3.63) is 326 Å². The third-order valence-corrected chi connectivity index (χ3v) is 19.4. The molecule has 0 bridgehead atoms. The van der Waals surface area contributed by atoms with Crippen molar-refractivity contribution in [1.82, 2.24) is 9.13 Å². The van der Waals surface area contributed by atoms with Gasteiger partial charge in [0.05, 0.1) is 33.5 Å². The van der Waals surface area contributed by atoms with E-state index < -0.39 is 0 Å². The van der Waals surface area contributed by atoms with Crippen LogP contribution in [-0.2, 0) is 5.41 Å². The van der Waals surface area contributed by atoms with Crippen LogP contribution in [0, 0.1) is 5.41 Å². The second kappa shape index (κ2) is 22.0. The van der Waals surface area contributed by atoms with Crippen LogP contribution in [0.3, 0.4) is 0 Å². The maximum atomic E-state index is 4.88. The van der Waals surface area contributed by atoms with Crippen LogP contribution in [0.15, 0.2) is 309 Å². The van der Waals surface area contributed by atoms with Crippen molar-refractivity contribution >= 4 is 106 Å². The smallest absolute Gasteiger partial charge is 0.252 e. The topological polar surface area (TPSA) is 16.3 Å². The van der Waals surface area contributed by atoms with Crippen LogP contribution in [0.5, 0.6) is 0 Å². The molecule has 12 aromatic carbocycles. The number of anilines is 5. The average Bonchev–Trinajstić information content (AvgIpc) is 0.771. The minimum Gasteiger partial charge on any atom is -0.310 e. The SMILES string of the molecule is C=C(/C=C(\C(=C(/C)c1ccccc1)N1c2cc(-n3c4ccccc4c4ccccc43)ccc2B2c3ccc(-n4c5ccccc5c5ccccc54)cc3N(c3c(-c4ccccc4)cc(C(C)(C)C)cc3-c3ccccc3)c3cccc1c32)c1ccccc1)C(C)(C)C. The molecule has 4 heterocycles. The van der Waals surface area contributed by atoms with E-state index >= 15 is 0 Å². The lowest BCUT2D eigenvalue weighted by Gasteiger charge is -2.46. The highest BCUT2D eigenvalue weighted by Gasteiger charge is 2.46. The van der Waals surface area contributed by atoms with E-state index in [2.05, 4.69) is 359 Å². The first-order valence-electron chi connectivity index (χ1n) is 32.3. The number of hydrogen-bond acceptors (Lipinski definition) is 2.